The summed E-state index contributed by atoms with van der Waals surface area (Å²) in [6, 6.07) is 6.89. The summed E-state index contributed by atoms with van der Waals surface area (Å²) in [5.74, 6) is 1.27. The number of hydrogen-bond donors (Lipinski definition) is 2. The highest BCUT2D eigenvalue weighted by Crippen LogP contribution is 2.38. The van der Waals surface area contributed by atoms with Crippen LogP contribution >= 0.6 is 23.2 Å². The molecule has 0 bridgehead atoms. The molecular formula is C15H13Cl2N5O. The van der Waals surface area contributed by atoms with Crippen molar-refractivity contribution in [3.05, 3.63) is 55.9 Å². The van der Waals surface area contributed by atoms with Crippen molar-refractivity contribution >= 4 is 34.9 Å². The summed E-state index contributed by atoms with van der Waals surface area (Å²) in [7, 11) is 0. The van der Waals surface area contributed by atoms with Crippen molar-refractivity contribution in [2.75, 3.05) is 5.32 Å². The molecule has 3 aromatic rings. The second kappa shape index (κ2) is 5.54. The molecule has 6 nitrogen and oxygen atoms in total. The second-order valence-electron chi connectivity index (χ2n) is 5.60. The van der Waals surface area contributed by atoms with Crippen LogP contribution in [-0.2, 0) is 6.54 Å². The minimum absolute atomic E-state index is 0.175. The number of aromatic nitrogens is 4. The van der Waals surface area contributed by atoms with E-state index in [0.717, 1.165) is 24.1 Å². The number of H-pyrrole nitrogens is 1. The monoisotopic (exact) mass is 349 g/mol. The van der Waals surface area contributed by atoms with Gasteiger partial charge in [0.15, 0.2) is 0 Å². The number of anilines is 1. The van der Waals surface area contributed by atoms with Gasteiger partial charge >= 0.3 is 0 Å². The first-order chi connectivity index (χ1) is 11.1. The summed E-state index contributed by atoms with van der Waals surface area (Å²) in [6.07, 6.45) is 2.22. The molecule has 1 fully saturated rings. The topological polar surface area (TPSA) is 75.1 Å². The average Bonchev–Trinajstić information content (AvgIpc) is 3.27. The molecule has 8 heteroatoms. The summed E-state index contributed by atoms with van der Waals surface area (Å²) in [6.45, 7) is 0.441. The van der Waals surface area contributed by atoms with Crippen LogP contribution in [0.3, 0.4) is 0 Å². The molecule has 1 aliphatic carbocycles. The molecule has 0 unspecified atom stereocenters. The van der Waals surface area contributed by atoms with Gasteiger partial charge < -0.3 is 10.3 Å². The molecule has 4 rings (SSSR count). The van der Waals surface area contributed by atoms with Gasteiger partial charge in [-0.05, 0) is 36.5 Å². The van der Waals surface area contributed by atoms with E-state index in [1.54, 1.807) is 18.2 Å². The molecule has 118 valence electrons. The summed E-state index contributed by atoms with van der Waals surface area (Å²) in [5, 5.41) is 8.41. The quantitative estimate of drug-likeness (QED) is 0.758. The number of fused-ring (bicyclic) bond motifs is 1. The molecular weight excluding hydrogens is 337 g/mol. The third-order valence-electron chi connectivity index (χ3n) is 3.82. The van der Waals surface area contributed by atoms with Crippen molar-refractivity contribution in [3.63, 3.8) is 0 Å². The number of aromatic amines is 1. The second-order valence-corrected chi connectivity index (χ2v) is 6.44. The van der Waals surface area contributed by atoms with Crippen LogP contribution < -0.4 is 10.9 Å². The molecule has 23 heavy (non-hydrogen) atoms. The van der Waals surface area contributed by atoms with Crippen LogP contribution in [0.1, 0.15) is 30.0 Å². The van der Waals surface area contributed by atoms with Crippen LogP contribution in [-0.4, -0.2) is 19.6 Å². The Hall–Kier alpha value is -2.05. The van der Waals surface area contributed by atoms with Gasteiger partial charge in [-0.2, -0.15) is 9.50 Å². The predicted molar refractivity (Wildman–Crippen MR) is 89.4 cm³/mol. The molecule has 0 saturated heterocycles. The molecule has 1 aliphatic rings. The lowest BCUT2D eigenvalue weighted by atomic mass is 10.2. The van der Waals surface area contributed by atoms with Gasteiger partial charge in [-0.1, -0.05) is 29.3 Å². The maximum Gasteiger partial charge on any atom is 0.275 e. The van der Waals surface area contributed by atoms with Gasteiger partial charge in [0, 0.05) is 28.4 Å². The Labute approximate surface area is 141 Å². The Kier molecular flexibility index (Phi) is 3.50. The molecule has 0 atom stereocenters. The maximum atomic E-state index is 12.1. The van der Waals surface area contributed by atoms with Crippen molar-refractivity contribution < 1.29 is 0 Å². The number of nitrogens with one attached hydrogen (secondary N) is 2. The summed E-state index contributed by atoms with van der Waals surface area (Å²) in [5.41, 5.74) is 1.63. The van der Waals surface area contributed by atoms with Crippen LogP contribution in [0.4, 0.5) is 5.95 Å². The van der Waals surface area contributed by atoms with Crippen molar-refractivity contribution in [2.24, 2.45) is 0 Å². The molecule has 0 aliphatic heterocycles. The number of nitrogens with zero attached hydrogens (tertiary/aromatic N) is 3. The number of hydrogen-bond acceptors (Lipinski definition) is 4. The first kappa shape index (κ1) is 14.5. The van der Waals surface area contributed by atoms with E-state index in [1.165, 1.54) is 4.52 Å². The molecule has 2 aromatic heterocycles. The van der Waals surface area contributed by atoms with Gasteiger partial charge in [0.1, 0.15) is 0 Å². The standard InChI is InChI=1S/C15H13Cl2N5O/c16-10-4-3-9(11(17)5-10)7-18-14-20-15-19-12(8-1-2-8)6-13(23)22(15)21-14/h3-6,8H,1-2,7H2,(H2,18,19,20,21). The van der Waals surface area contributed by atoms with Crippen LogP contribution in [0.5, 0.6) is 0 Å². The summed E-state index contributed by atoms with van der Waals surface area (Å²) >= 11 is 12.0. The van der Waals surface area contributed by atoms with E-state index in [9.17, 15) is 4.79 Å². The zero-order chi connectivity index (χ0) is 16.0. The minimum atomic E-state index is -0.175. The Balaban J connectivity index is 1.59. The summed E-state index contributed by atoms with van der Waals surface area (Å²) < 4.78 is 1.26. The van der Waals surface area contributed by atoms with E-state index >= 15 is 0 Å². The van der Waals surface area contributed by atoms with Gasteiger partial charge in [-0.25, -0.2) is 0 Å². The molecule has 2 heterocycles. The smallest absolute Gasteiger partial charge is 0.275 e. The maximum absolute atomic E-state index is 12.1. The first-order valence-corrected chi connectivity index (χ1v) is 8.03. The van der Waals surface area contributed by atoms with Gasteiger partial charge in [0.2, 0.25) is 11.7 Å². The van der Waals surface area contributed by atoms with E-state index in [0.29, 0.717) is 34.2 Å². The van der Waals surface area contributed by atoms with E-state index < -0.39 is 0 Å². The van der Waals surface area contributed by atoms with Gasteiger partial charge in [-0.3, -0.25) is 4.79 Å². The zero-order valence-corrected chi connectivity index (χ0v) is 13.5. The lowest BCUT2D eigenvalue weighted by Crippen LogP contribution is -2.15. The Morgan fingerprint density at radius 3 is 2.87 bits per heavy atom. The number of halogens is 2. The lowest BCUT2D eigenvalue weighted by molar-refractivity contribution is 0.870. The fourth-order valence-electron chi connectivity index (χ4n) is 2.43. The minimum Gasteiger partial charge on any atom is -0.349 e. The van der Waals surface area contributed by atoms with Crippen LogP contribution in [0, 0.1) is 0 Å². The number of rotatable bonds is 4. The van der Waals surface area contributed by atoms with Crippen LogP contribution in [0.25, 0.3) is 5.78 Å². The van der Waals surface area contributed by atoms with Crippen LogP contribution in [0.15, 0.2) is 29.1 Å². The highest BCUT2D eigenvalue weighted by atomic mass is 35.5. The molecule has 2 N–H and O–H groups in total. The molecule has 0 amide bonds. The predicted octanol–water partition coefficient (Wildman–Crippen LogP) is 3.21. The van der Waals surface area contributed by atoms with Gasteiger partial charge in [-0.15, -0.1) is 5.10 Å². The first-order valence-electron chi connectivity index (χ1n) is 7.28. The van der Waals surface area contributed by atoms with E-state index in [1.807, 2.05) is 6.07 Å². The fourth-order valence-corrected chi connectivity index (χ4v) is 2.91. The number of benzene rings is 1. The van der Waals surface area contributed by atoms with Crippen molar-refractivity contribution in [1.29, 1.82) is 0 Å². The Morgan fingerprint density at radius 1 is 1.30 bits per heavy atom. The SMILES string of the molecule is O=c1cc(C2CC2)[nH]c2nc(NCc3ccc(Cl)cc3Cl)nn12. The van der Waals surface area contributed by atoms with E-state index in [2.05, 4.69) is 20.4 Å². The van der Waals surface area contributed by atoms with E-state index in [4.69, 9.17) is 23.2 Å². The van der Waals surface area contributed by atoms with Crippen molar-refractivity contribution in [3.8, 4) is 0 Å². The summed E-state index contributed by atoms with van der Waals surface area (Å²) in [4.78, 5) is 19.6. The van der Waals surface area contributed by atoms with Crippen molar-refractivity contribution in [1.82, 2.24) is 19.6 Å². The van der Waals surface area contributed by atoms with Gasteiger partial charge in [0.05, 0.1) is 0 Å². The van der Waals surface area contributed by atoms with E-state index in [-0.39, 0.29) is 5.56 Å². The molecule has 1 aromatic carbocycles. The fraction of sp³-hybridized carbons (Fsp3) is 0.267. The molecule has 1 saturated carbocycles. The lowest BCUT2D eigenvalue weighted by Gasteiger charge is -2.04. The Bertz CT molecular complexity index is 945. The normalized spacial score (nSPS) is 14.3. The zero-order valence-electron chi connectivity index (χ0n) is 12.0. The van der Waals surface area contributed by atoms with Crippen LogP contribution in [0.2, 0.25) is 10.0 Å². The third kappa shape index (κ3) is 2.92. The highest BCUT2D eigenvalue weighted by Gasteiger charge is 2.25. The van der Waals surface area contributed by atoms with Gasteiger partial charge in [0.25, 0.3) is 5.56 Å². The molecule has 0 radical (unpaired) electrons. The van der Waals surface area contributed by atoms with Crippen molar-refractivity contribution in [2.45, 2.75) is 25.3 Å². The largest absolute Gasteiger partial charge is 0.349 e. The molecule has 0 spiro atoms. The Morgan fingerprint density at radius 2 is 2.13 bits per heavy atom. The highest BCUT2D eigenvalue weighted by molar-refractivity contribution is 6.35. The average molecular weight is 350 g/mol. The third-order valence-corrected chi connectivity index (χ3v) is 4.41.